The Balaban J connectivity index is 1.67. The topological polar surface area (TPSA) is 64.4 Å². The Morgan fingerprint density at radius 1 is 1.18 bits per heavy atom. The minimum atomic E-state index is -4.62. The second-order valence-electron chi connectivity index (χ2n) is 9.42. The zero-order valence-electron chi connectivity index (χ0n) is 21.1. The highest BCUT2D eigenvalue weighted by Gasteiger charge is 2.34. The van der Waals surface area contributed by atoms with E-state index >= 15 is 0 Å². The SMILES string of the molecule is C=C(c1ccc(Cl)c(C(=O)n2cc(C)c3cc(C(F)(F)F)nc(C)c32)c1Cl)N1CCC(CC(=O)OC)CC1. The number of pyridine rings is 1. The molecule has 1 saturated heterocycles. The number of fused-ring (bicyclic) bond motifs is 1. The van der Waals surface area contributed by atoms with Crippen LogP contribution < -0.4 is 0 Å². The molecule has 1 aliphatic heterocycles. The molecule has 2 aromatic heterocycles. The monoisotopic (exact) mass is 567 g/mol. The number of carbonyl (C=O) groups is 2. The number of methoxy groups -OCH3 is 1. The van der Waals surface area contributed by atoms with Crippen molar-refractivity contribution in [1.29, 1.82) is 0 Å². The highest BCUT2D eigenvalue weighted by atomic mass is 35.5. The number of nitrogens with zero attached hydrogens (tertiary/aromatic N) is 3. The van der Waals surface area contributed by atoms with Gasteiger partial charge in [0, 0.05) is 42.4 Å². The van der Waals surface area contributed by atoms with E-state index < -0.39 is 17.8 Å². The second kappa shape index (κ2) is 10.6. The van der Waals surface area contributed by atoms with Crippen LogP contribution in [-0.4, -0.2) is 46.5 Å². The van der Waals surface area contributed by atoms with E-state index in [1.54, 1.807) is 19.1 Å². The van der Waals surface area contributed by atoms with Crippen molar-refractivity contribution in [3.05, 3.63) is 69.1 Å². The maximum Gasteiger partial charge on any atom is 0.433 e. The summed E-state index contributed by atoms with van der Waals surface area (Å²) in [5.41, 5.74) is 0.909. The molecule has 3 aromatic rings. The molecule has 4 rings (SSSR count). The van der Waals surface area contributed by atoms with Crippen molar-refractivity contribution in [3.8, 4) is 0 Å². The first kappa shape index (κ1) is 28.0. The largest absolute Gasteiger partial charge is 0.469 e. The van der Waals surface area contributed by atoms with E-state index in [1.165, 1.54) is 24.8 Å². The Kier molecular flexibility index (Phi) is 7.81. The Labute approximate surface area is 228 Å². The first-order valence-electron chi connectivity index (χ1n) is 11.9. The number of alkyl halides is 3. The molecule has 0 atom stereocenters. The molecule has 0 N–H and O–H groups in total. The van der Waals surface area contributed by atoms with Gasteiger partial charge in [-0.2, -0.15) is 13.2 Å². The molecule has 0 radical (unpaired) electrons. The van der Waals surface area contributed by atoms with Crippen molar-refractivity contribution < 1.29 is 27.5 Å². The van der Waals surface area contributed by atoms with Gasteiger partial charge >= 0.3 is 12.1 Å². The molecule has 202 valence electrons. The fraction of sp³-hybridized carbons (Fsp3) is 0.370. The van der Waals surface area contributed by atoms with Crippen molar-refractivity contribution >= 4 is 51.7 Å². The maximum atomic E-state index is 13.7. The van der Waals surface area contributed by atoms with Crippen LogP contribution in [0, 0.1) is 19.8 Å². The minimum absolute atomic E-state index is 0.0174. The quantitative estimate of drug-likeness (QED) is 0.313. The molecule has 38 heavy (non-hydrogen) atoms. The van der Waals surface area contributed by atoms with Crippen LogP contribution in [0.25, 0.3) is 16.6 Å². The van der Waals surface area contributed by atoms with E-state index in [4.69, 9.17) is 27.9 Å². The average Bonchev–Trinajstić information content (AvgIpc) is 3.20. The standard InChI is InChI=1S/C27H26Cl2F3N3O3/c1-14-13-35(25-15(2)33-21(12-19(14)25)27(30,31)32)26(37)23-20(28)6-5-18(24(23)29)16(3)34-9-7-17(8-10-34)11-22(36)38-4/h5-6,12-13,17H,3,7-11H2,1-2,4H3. The Bertz CT molecular complexity index is 1440. The smallest absolute Gasteiger partial charge is 0.433 e. The van der Waals surface area contributed by atoms with Gasteiger partial charge in [-0.25, -0.2) is 4.98 Å². The van der Waals surface area contributed by atoms with E-state index in [2.05, 4.69) is 11.6 Å². The summed E-state index contributed by atoms with van der Waals surface area (Å²) in [5.74, 6) is -0.613. The molecule has 1 aliphatic rings. The third-order valence-electron chi connectivity index (χ3n) is 6.96. The number of aromatic nitrogens is 2. The van der Waals surface area contributed by atoms with Crippen molar-refractivity contribution in [2.75, 3.05) is 20.2 Å². The summed E-state index contributed by atoms with van der Waals surface area (Å²) < 4.78 is 46.0. The van der Waals surface area contributed by atoms with Crippen LogP contribution in [0.4, 0.5) is 13.2 Å². The lowest BCUT2D eigenvalue weighted by atomic mass is 9.92. The van der Waals surface area contributed by atoms with E-state index in [-0.39, 0.29) is 44.1 Å². The lowest BCUT2D eigenvalue weighted by molar-refractivity contribution is -0.142. The van der Waals surface area contributed by atoms with Gasteiger partial charge in [0.05, 0.1) is 33.9 Å². The van der Waals surface area contributed by atoms with E-state index in [1.807, 2.05) is 4.90 Å². The number of piperidine rings is 1. The average molecular weight is 568 g/mol. The summed E-state index contributed by atoms with van der Waals surface area (Å²) in [7, 11) is 1.37. The van der Waals surface area contributed by atoms with Crippen LogP contribution in [0.3, 0.4) is 0 Å². The van der Waals surface area contributed by atoms with Crippen molar-refractivity contribution in [1.82, 2.24) is 14.5 Å². The molecular weight excluding hydrogens is 542 g/mol. The summed E-state index contributed by atoms with van der Waals surface area (Å²) >= 11 is 13.2. The van der Waals surface area contributed by atoms with Crippen LogP contribution in [0.15, 0.2) is 31.0 Å². The number of ether oxygens (including phenoxy) is 1. The number of aryl methyl sites for hydroxylation is 2. The molecule has 0 bridgehead atoms. The predicted molar refractivity (Wildman–Crippen MR) is 140 cm³/mol. The van der Waals surface area contributed by atoms with Gasteiger partial charge in [-0.1, -0.05) is 29.8 Å². The maximum absolute atomic E-state index is 13.7. The number of hydrogen-bond donors (Lipinski definition) is 0. The number of benzene rings is 1. The molecule has 6 nitrogen and oxygen atoms in total. The first-order chi connectivity index (χ1) is 17.8. The van der Waals surface area contributed by atoms with Crippen LogP contribution in [-0.2, 0) is 15.7 Å². The fourth-order valence-electron chi connectivity index (χ4n) is 4.89. The summed E-state index contributed by atoms with van der Waals surface area (Å²) in [6.07, 6.45) is -1.26. The molecule has 0 aliphatic carbocycles. The highest BCUT2D eigenvalue weighted by molar-refractivity contribution is 6.41. The molecule has 0 unspecified atom stereocenters. The van der Waals surface area contributed by atoms with Gasteiger partial charge in [0.15, 0.2) is 0 Å². The molecular formula is C27H26Cl2F3N3O3. The van der Waals surface area contributed by atoms with Crippen LogP contribution in [0.1, 0.15) is 52.1 Å². The van der Waals surface area contributed by atoms with E-state index in [9.17, 15) is 22.8 Å². The highest BCUT2D eigenvalue weighted by Crippen LogP contribution is 2.37. The molecule has 0 spiro atoms. The third kappa shape index (κ3) is 5.27. The lowest BCUT2D eigenvalue weighted by Gasteiger charge is -2.35. The molecule has 3 heterocycles. The van der Waals surface area contributed by atoms with Gasteiger partial charge in [-0.05, 0) is 56.4 Å². The Morgan fingerprint density at radius 2 is 1.84 bits per heavy atom. The number of carbonyl (C=O) groups excluding carboxylic acids is 2. The summed E-state index contributed by atoms with van der Waals surface area (Å²) in [5, 5.41) is 0.465. The molecule has 0 amide bonds. The normalized spacial score (nSPS) is 14.7. The summed E-state index contributed by atoms with van der Waals surface area (Å²) in [6.45, 7) is 8.53. The Morgan fingerprint density at radius 3 is 2.45 bits per heavy atom. The fourth-order valence-corrected chi connectivity index (χ4v) is 5.53. The van der Waals surface area contributed by atoms with Crippen LogP contribution in [0.2, 0.25) is 10.0 Å². The number of likely N-dealkylation sites (tertiary alicyclic amines) is 1. The molecule has 1 fully saturated rings. The zero-order valence-corrected chi connectivity index (χ0v) is 22.6. The van der Waals surface area contributed by atoms with Crippen molar-refractivity contribution in [2.24, 2.45) is 5.92 Å². The lowest BCUT2D eigenvalue weighted by Crippen LogP contribution is -2.33. The van der Waals surface area contributed by atoms with Gasteiger partial charge in [-0.3, -0.25) is 14.2 Å². The van der Waals surface area contributed by atoms with E-state index in [0.717, 1.165) is 18.9 Å². The first-order valence-corrected chi connectivity index (χ1v) is 12.7. The summed E-state index contributed by atoms with van der Waals surface area (Å²) in [6, 6.07) is 4.18. The van der Waals surface area contributed by atoms with E-state index in [0.29, 0.717) is 36.3 Å². The number of hydrogen-bond acceptors (Lipinski definition) is 5. The van der Waals surface area contributed by atoms with Crippen molar-refractivity contribution in [3.63, 3.8) is 0 Å². The number of esters is 1. The third-order valence-corrected chi connectivity index (χ3v) is 7.67. The number of halogens is 5. The predicted octanol–water partition coefficient (Wildman–Crippen LogP) is 6.91. The van der Waals surface area contributed by atoms with Gasteiger partial charge in [0.25, 0.3) is 5.91 Å². The zero-order chi connectivity index (χ0) is 27.9. The summed E-state index contributed by atoms with van der Waals surface area (Å²) in [4.78, 5) is 31.1. The Hall–Kier alpha value is -3.04. The van der Waals surface area contributed by atoms with Crippen LogP contribution in [0.5, 0.6) is 0 Å². The van der Waals surface area contributed by atoms with Crippen LogP contribution >= 0.6 is 23.2 Å². The van der Waals surface area contributed by atoms with Gasteiger partial charge in [-0.15, -0.1) is 0 Å². The van der Waals surface area contributed by atoms with Gasteiger partial charge < -0.3 is 9.64 Å². The van der Waals surface area contributed by atoms with Crippen molar-refractivity contribution in [2.45, 2.75) is 39.3 Å². The number of rotatable bonds is 5. The molecule has 1 aromatic carbocycles. The molecule has 11 heteroatoms. The molecule has 0 saturated carbocycles. The van der Waals surface area contributed by atoms with Gasteiger partial charge in [0.2, 0.25) is 0 Å². The minimum Gasteiger partial charge on any atom is -0.469 e. The second-order valence-corrected chi connectivity index (χ2v) is 10.2. The van der Waals surface area contributed by atoms with Gasteiger partial charge in [0.1, 0.15) is 5.69 Å².